The minimum atomic E-state index is -4.78. The van der Waals surface area contributed by atoms with Crippen molar-refractivity contribution in [3.63, 3.8) is 0 Å². The van der Waals surface area contributed by atoms with E-state index in [9.17, 15) is 0 Å². The summed E-state index contributed by atoms with van der Waals surface area (Å²) >= 11 is 0. The number of hydrogen-bond acceptors (Lipinski definition) is 2. The van der Waals surface area contributed by atoms with Crippen molar-refractivity contribution in [3.8, 4) is 117 Å². The van der Waals surface area contributed by atoms with Crippen LogP contribution in [0.4, 0.5) is 26.3 Å². The smallest absolute Gasteiger partial charge is 0.420 e. The van der Waals surface area contributed by atoms with Gasteiger partial charge in [0.15, 0.2) is 0 Å². The molecule has 0 aromatic heterocycles. The summed E-state index contributed by atoms with van der Waals surface area (Å²) in [4.78, 5) is 0. The van der Waals surface area contributed by atoms with E-state index < -0.39 is 23.5 Å². The Labute approximate surface area is 461 Å². The van der Waals surface area contributed by atoms with Crippen LogP contribution in [0.25, 0.3) is 100 Å². The fourth-order valence-electron chi connectivity index (χ4n) is 10.6. The van der Waals surface area contributed by atoms with Gasteiger partial charge in [-0.1, -0.05) is 200 Å². The summed E-state index contributed by atoms with van der Waals surface area (Å²) in [6.45, 7) is 6.16. The summed E-state index contributed by atoms with van der Waals surface area (Å²) in [5.41, 5.74) is 14.8. The molecule has 0 saturated carbocycles. The average molecular weight is 1060 g/mol. The highest BCUT2D eigenvalue weighted by atomic mass is 19.4. The first kappa shape index (κ1) is 52.6. The molecule has 0 aliphatic heterocycles. The van der Waals surface area contributed by atoms with Gasteiger partial charge in [0.2, 0.25) is 0 Å². The SMILES string of the molecule is COc1ccc(-c2ccc(Oc3ccc(-c4ccc(-c5c(-c6ccccc6)c(-c6ccccc6)c(-c6ccc(-c7ccc(C)c(C)c7)cc6)c(-c6cccc(C)c6)c5-c5cccc(C(F)(F)F)c5)cc4)cc3C(F)(F)F)cc2)cc1. The summed E-state index contributed by atoms with van der Waals surface area (Å²) in [5.74, 6) is 0.580. The van der Waals surface area contributed by atoms with E-state index in [2.05, 4.69) is 74.5 Å². The van der Waals surface area contributed by atoms with Gasteiger partial charge in [-0.2, -0.15) is 26.3 Å². The Morgan fingerprint density at radius 3 is 1.15 bits per heavy atom. The first-order valence-electron chi connectivity index (χ1n) is 26.1. The Kier molecular flexibility index (Phi) is 14.3. The van der Waals surface area contributed by atoms with E-state index in [1.54, 1.807) is 55.6 Å². The molecule has 8 heteroatoms. The predicted molar refractivity (Wildman–Crippen MR) is 313 cm³/mol. The lowest BCUT2D eigenvalue weighted by Gasteiger charge is -2.29. The van der Waals surface area contributed by atoms with Crippen molar-refractivity contribution in [1.29, 1.82) is 0 Å². The molecular formula is C72H52F6O2. The molecule has 11 aromatic carbocycles. The molecule has 0 aliphatic rings. The second-order valence-electron chi connectivity index (χ2n) is 19.9. The molecule has 11 aromatic rings. The van der Waals surface area contributed by atoms with E-state index >= 15 is 26.3 Å². The second-order valence-corrected chi connectivity index (χ2v) is 19.9. The van der Waals surface area contributed by atoms with Crippen molar-refractivity contribution in [3.05, 3.63) is 270 Å². The Balaban J connectivity index is 1.14. The van der Waals surface area contributed by atoms with Crippen molar-refractivity contribution in [2.75, 3.05) is 7.11 Å². The average Bonchev–Trinajstić information content (AvgIpc) is 3.66. The minimum Gasteiger partial charge on any atom is -0.497 e. The number of benzene rings is 11. The van der Waals surface area contributed by atoms with Crippen molar-refractivity contribution >= 4 is 0 Å². The van der Waals surface area contributed by atoms with Crippen LogP contribution in [0.1, 0.15) is 27.8 Å². The molecule has 2 nitrogen and oxygen atoms in total. The maximum Gasteiger partial charge on any atom is 0.420 e. The van der Waals surface area contributed by atoms with Crippen LogP contribution >= 0.6 is 0 Å². The molecule has 394 valence electrons. The van der Waals surface area contributed by atoms with Crippen molar-refractivity contribution in [2.24, 2.45) is 0 Å². The zero-order valence-corrected chi connectivity index (χ0v) is 44.2. The van der Waals surface area contributed by atoms with E-state index in [-0.39, 0.29) is 17.1 Å². The lowest BCUT2D eigenvalue weighted by atomic mass is 9.74. The number of rotatable bonds is 12. The van der Waals surface area contributed by atoms with Gasteiger partial charge in [-0.25, -0.2) is 0 Å². The molecule has 0 amide bonds. The molecule has 0 atom stereocenters. The fourth-order valence-corrected chi connectivity index (χ4v) is 10.6. The van der Waals surface area contributed by atoms with Gasteiger partial charge >= 0.3 is 12.4 Å². The maximum atomic E-state index is 15.1. The second kappa shape index (κ2) is 21.8. The number of halogens is 6. The molecule has 0 radical (unpaired) electrons. The van der Waals surface area contributed by atoms with Gasteiger partial charge in [-0.15, -0.1) is 0 Å². The third-order valence-electron chi connectivity index (χ3n) is 14.7. The topological polar surface area (TPSA) is 18.5 Å². The van der Waals surface area contributed by atoms with Gasteiger partial charge in [0, 0.05) is 0 Å². The summed E-state index contributed by atoms with van der Waals surface area (Å²) in [7, 11) is 1.59. The van der Waals surface area contributed by atoms with Crippen LogP contribution in [0.2, 0.25) is 0 Å². The largest absolute Gasteiger partial charge is 0.497 e. The third kappa shape index (κ3) is 10.8. The monoisotopic (exact) mass is 1060 g/mol. The number of hydrogen-bond donors (Lipinski definition) is 0. The summed E-state index contributed by atoms with van der Waals surface area (Å²) in [5, 5.41) is 0. The molecule has 0 unspecified atom stereocenters. The number of aryl methyl sites for hydroxylation is 3. The molecule has 0 heterocycles. The van der Waals surface area contributed by atoms with Crippen LogP contribution in [-0.2, 0) is 12.4 Å². The quantitative estimate of drug-likeness (QED) is 0.114. The van der Waals surface area contributed by atoms with Crippen LogP contribution < -0.4 is 9.47 Å². The van der Waals surface area contributed by atoms with Crippen LogP contribution in [0.5, 0.6) is 17.2 Å². The predicted octanol–water partition coefficient (Wildman–Crippen LogP) is 21.5. The highest BCUT2D eigenvalue weighted by Gasteiger charge is 2.36. The van der Waals surface area contributed by atoms with E-state index in [1.807, 2.05) is 110 Å². The van der Waals surface area contributed by atoms with Crippen molar-refractivity contribution in [1.82, 2.24) is 0 Å². The molecule has 0 N–H and O–H groups in total. The van der Waals surface area contributed by atoms with Crippen LogP contribution in [0.15, 0.2) is 243 Å². The Hall–Kier alpha value is -9.40. The highest BCUT2D eigenvalue weighted by molar-refractivity contribution is 6.15. The summed E-state index contributed by atoms with van der Waals surface area (Å²) < 4.78 is 102. The molecule has 0 spiro atoms. The lowest BCUT2D eigenvalue weighted by Crippen LogP contribution is -2.07. The van der Waals surface area contributed by atoms with Gasteiger partial charge in [-0.3, -0.25) is 0 Å². The number of methoxy groups -OCH3 is 1. The van der Waals surface area contributed by atoms with Gasteiger partial charge < -0.3 is 9.47 Å². The Morgan fingerprint density at radius 1 is 0.287 bits per heavy atom. The lowest BCUT2D eigenvalue weighted by molar-refractivity contribution is -0.139. The van der Waals surface area contributed by atoms with Crippen LogP contribution in [0, 0.1) is 20.8 Å². The van der Waals surface area contributed by atoms with Crippen molar-refractivity contribution < 1.29 is 35.8 Å². The van der Waals surface area contributed by atoms with Gasteiger partial charge in [-0.05, 0) is 181 Å². The maximum absolute atomic E-state index is 15.1. The fraction of sp³-hybridized carbons (Fsp3) is 0.0833. The Bertz CT molecular complexity index is 4010. The molecule has 0 saturated heterocycles. The highest BCUT2D eigenvalue weighted by Crippen LogP contribution is 2.57. The molecule has 0 aliphatic carbocycles. The first-order valence-corrected chi connectivity index (χ1v) is 26.1. The summed E-state index contributed by atoms with van der Waals surface area (Å²) in [6, 6.07) is 73.6. The van der Waals surface area contributed by atoms with Crippen molar-refractivity contribution in [2.45, 2.75) is 33.1 Å². The van der Waals surface area contributed by atoms with Gasteiger partial charge in [0.1, 0.15) is 17.2 Å². The van der Waals surface area contributed by atoms with Gasteiger partial charge in [0.25, 0.3) is 0 Å². The van der Waals surface area contributed by atoms with E-state index in [0.717, 1.165) is 78.9 Å². The standard InChI is InChI=1S/C72H52F6O2/c1-45-13-11-18-58(41-45)69-67(54-27-23-50(24-28-54)56-22-21-46(2)47(3)42-56)65(52-14-7-5-8-15-52)66(53-16-9-6-10-17-53)68(70(69)59-19-12-20-60(43-59)71(73,74)75)55-29-25-51(26-30-55)57-35-40-64(63(44-57)72(76,77)78)80-62-38-33-49(34-39-62)48-31-36-61(79-4)37-32-48/h5-44H,1-4H3. The summed E-state index contributed by atoms with van der Waals surface area (Å²) in [6.07, 6.45) is -9.44. The first-order chi connectivity index (χ1) is 38.6. The Morgan fingerprint density at radius 2 is 0.675 bits per heavy atom. The normalized spacial score (nSPS) is 11.6. The zero-order valence-electron chi connectivity index (χ0n) is 44.2. The molecule has 0 bridgehead atoms. The van der Waals surface area contributed by atoms with Crippen LogP contribution in [0.3, 0.4) is 0 Å². The molecular weight excluding hydrogens is 1010 g/mol. The van der Waals surface area contributed by atoms with E-state index in [1.165, 1.54) is 29.3 Å². The zero-order chi connectivity index (χ0) is 55.7. The van der Waals surface area contributed by atoms with E-state index in [4.69, 9.17) is 9.47 Å². The molecule has 80 heavy (non-hydrogen) atoms. The molecule has 0 fully saturated rings. The van der Waals surface area contributed by atoms with Gasteiger partial charge in [0.05, 0.1) is 18.2 Å². The third-order valence-corrected chi connectivity index (χ3v) is 14.7. The van der Waals surface area contributed by atoms with E-state index in [0.29, 0.717) is 39.1 Å². The minimum absolute atomic E-state index is 0.232. The number of ether oxygens (including phenoxy) is 2. The molecule has 11 rings (SSSR count). The number of alkyl halides is 6. The van der Waals surface area contributed by atoms with Crippen LogP contribution in [-0.4, -0.2) is 7.11 Å².